The lowest BCUT2D eigenvalue weighted by atomic mass is 10.1. The zero-order valence-electron chi connectivity index (χ0n) is 10.4. The minimum atomic E-state index is -3.00. The molecule has 1 aromatic rings. The van der Waals surface area contributed by atoms with E-state index in [0.717, 1.165) is 11.8 Å². The fraction of sp³-hybridized carbons (Fsp3) is 0.417. The molecule has 100 valence electrons. The normalized spacial score (nSPS) is 11.2. The van der Waals surface area contributed by atoms with Gasteiger partial charge >= 0.3 is 0 Å². The van der Waals surface area contributed by atoms with Crippen LogP contribution in [-0.4, -0.2) is 38.0 Å². The molecule has 0 radical (unpaired) electrons. The second kappa shape index (κ2) is 5.86. The molecule has 0 aliphatic carbocycles. The lowest BCUT2D eigenvalue weighted by Crippen LogP contribution is -2.25. The monoisotopic (exact) mass is 271 g/mol. The van der Waals surface area contributed by atoms with Crippen molar-refractivity contribution in [2.45, 2.75) is 13.3 Å². The SMILES string of the molecule is Cc1ccc(C(=O)NCCCS(C)(=O)=O)c(O)c1. The molecule has 1 rings (SSSR count). The first kappa shape index (κ1) is 14.5. The first-order valence-electron chi connectivity index (χ1n) is 5.55. The van der Waals surface area contributed by atoms with E-state index in [1.54, 1.807) is 6.07 Å². The molecule has 0 aromatic heterocycles. The Morgan fingerprint density at radius 3 is 2.61 bits per heavy atom. The Balaban J connectivity index is 2.51. The third kappa shape index (κ3) is 4.75. The highest BCUT2D eigenvalue weighted by atomic mass is 32.2. The number of aryl methyl sites for hydroxylation is 1. The van der Waals surface area contributed by atoms with Crippen molar-refractivity contribution in [3.05, 3.63) is 29.3 Å². The van der Waals surface area contributed by atoms with E-state index in [0.29, 0.717) is 6.42 Å². The molecule has 0 fully saturated rings. The largest absolute Gasteiger partial charge is 0.507 e. The fourth-order valence-corrected chi connectivity index (χ4v) is 2.13. The number of aromatic hydroxyl groups is 1. The summed E-state index contributed by atoms with van der Waals surface area (Å²) in [6.45, 7) is 2.08. The van der Waals surface area contributed by atoms with E-state index in [2.05, 4.69) is 5.32 Å². The second-order valence-corrected chi connectivity index (χ2v) is 6.52. The number of carbonyl (C=O) groups is 1. The molecule has 6 heteroatoms. The van der Waals surface area contributed by atoms with Crippen LogP contribution in [-0.2, 0) is 9.84 Å². The highest BCUT2D eigenvalue weighted by molar-refractivity contribution is 7.90. The predicted octanol–water partition coefficient (Wildman–Crippen LogP) is 0.865. The molecule has 2 N–H and O–H groups in total. The maximum Gasteiger partial charge on any atom is 0.255 e. The molecule has 0 heterocycles. The minimum absolute atomic E-state index is 0.0349. The number of benzene rings is 1. The molecular weight excluding hydrogens is 254 g/mol. The molecule has 0 atom stereocenters. The Bertz CT molecular complexity index is 537. The highest BCUT2D eigenvalue weighted by Crippen LogP contribution is 2.17. The molecule has 0 bridgehead atoms. The summed E-state index contributed by atoms with van der Waals surface area (Å²) in [4.78, 5) is 11.7. The molecule has 0 saturated carbocycles. The van der Waals surface area contributed by atoms with Crippen LogP contribution in [0.5, 0.6) is 5.75 Å². The van der Waals surface area contributed by atoms with Crippen LogP contribution in [0.3, 0.4) is 0 Å². The summed E-state index contributed by atoms with van der Waals surface area (Å²) in [5.74, 6) is -0.440. The van der Waals surface area contributed by atoms with Gasteiger partial charge in [0.25, 0.3) is 5.91 Å². The smallest absolute Gasteiger partial charge is 0.255 e. The summed E-state index contributed by atoms with van der Waals surface area (Å²) >= 11 is 0. The lowest BCUT2D eigenvalue weighted by molar-refractivity contribution is 0.0951. The summed E-state index contributed by atoms with van der Waals surface area (Å²) in [6.07, 6.45) is 1.51. The molecule has 18 heavy (non-hydrogen) atoms. The van der Waals surface area contributed by atoms with Crippen molar-refractivity contribution in [2.75, 3.05) is 18.6 Å². The number of carbonyl (C=O) groups excluding carboxylic acids is 1. The maximum absolute atomic E-state index is 11.7. The minimum Gasteiger partial charge on any atom is -0.507 e. The van der Waals surface area contributed by atoms with Crippen LogP contribution in [0.15, 0.2) is 18.2 Å². The number of sulfone groups is 1. The Kier molecular flexibility index (Phi) is 4.72. The molecule has 0 aliphatic rings. The number of nitrogens with one attached hydrogen (secondary N) is 1. The van der Waals surface area contributed by atoms with Crippen molar-refractivity contribution in [1.29, 1.82) is 0 Å². The van der Waals surface area contributed by atoms with Gasteiger partial charge in [-0.3, -0.25) is 4.79 Å². The van der Waals surface area contributed by atoms with Gasteiger partial charge in [-0.05, 0) is 31.0 Å². The number of rotatable bonds is 5. The molecule has 1 amide bonds. The van der Waals surface area contributed by atoms with Gasteiger partial charge in [-0.25, -0.2) is 8.42 Å². The second-order valence-electron chi connectivity index (χ2n) is 4.26. The van der Waals surface area contributed by atoms with Crippen molar-refractivity contribution >= 4 is 15.7 Å². The molecular formula is C12H17NO4S. The fourth-order valence-electron chi connectivity index (χ4n) is 1.47. The van der Waals surface area contributed by atoms with Crippen molar-refractivity contribution in [2.24, 2.45) is 0 Å². The zero-order valence-corrected chi connectivity index (χ0v) is 11.3. The molecule has 0 unspecified atom stereocenters. The van der Waals surface area contributed by atoms with Gasteiger partial charge < -0.3 is 10.4 Å². The van der Waals surface area contributed by atoms with Gasteiger partial charge in [-0.15, -0.1) is 0 Å². The lowest BCUT2D eigenvalue weighted by Gasteiger charge is -2.07. The highest BCUT2D eigenvalue weighted by Gasteiger charge is 2.10. The topological polar surface area (TPSA) is 83.5 Å². The van der Waals surface area contributed by atoms with Crippen LogP contribution in [0.2, 0.25) is 0 Å². The molecule has 1 aromatic carbocycles. The Hall–Kier alpha value is -1.56. The average Bonchev–Trinajstić information content (AvgIpc) is 2.22. The number of phenols is 1. The standard InChI is InChI=1S/C12H17NO4S/c1-9-4-5-10(11(14)8-9)12(15)13-6-3-7-18(2,16)17/h4-5,8,14H,3,6-7H2,1-2H3,(H,13,15). The Morgan fingerprint density at radius 1 is 1.39 bits per heavy atom. The van der Waals surface area contributed by atoms with Crippen LogP contribution in [0.1, 0.15) is 22.3 Å². The van der Waals surface area contributed by atoms with Crippen molar-refractivity contribution < 1.29 is 18.3 Å². The van der Waals surface area contributed by atoms with E-state index in [1.807, 2.05) is 6.92 Å². The zero-order chi connectivity index (χ0) is 13.8. The van der Waals surface area contributed by atoms with E-state index < -0.39 is 15.7 Å². The van der Waals surface area contributed by atoms with Crippen molar-refractivity contribution in [1.82, 2.24) is 5.32 Å². The van der Waals surface area contributed by atoms with E-state index in [9.17, 15) is 18.3 Å². The van der Waals surface area contributed by atoms with Crippen molar-refractivity contribution in [3.63, 3.8) is 0 Å². The first-order valence-corrected chi connectivity index (χ1v) is 7.61. The van der Waals surface area contributed by atoms with Crippen LogP contribution < -0.4 is 5.32 Å². The first-order chi connectivity index (χ1) is 8.29. The number of phenolic OH excluding ortho intramolecular Hbond substituents is 1. The summed E-state index contributed by atoms with van der Waals surface area (Å²) in [5, 5.41) is 12.2. The number of hydrogen-bond donors (Lipinski definition) is 2. The van der Waals surface area contributed by atoms with E-state index in [-0.39, 0.29) is 23.6 Å². The average molecular weight is 271 g/mol. The van der Waals surface area contributed by atoms with Gasteiger partial charge in [-0.2, -0.15) is 0 Å². The summed E-state index contributed by atoms with van der Waals surface area (Å²) < 4.78 is 21.8. The summed E-state index contributed by atoms with van der Waals surface area (Å²) in [6, 6.07) is 4.77. The van der Waals surface area contributed by atoms with Gasteiger partial charge in [0.15, 0.2) is 0 Å². The third-order valence-corrected chi connectivity index (χ3v) is 3.41. The Morgan fingerprint density at radius 2 is 2.06 bits per heavy atom. The van der Waals surface area contributed by atoms with Gasteiger partial charge in [0.2, 0.25) is 0 Å². The maximum atomic E-state index is 11.7. The van der Waals surface area contributed by atoms with Crippen LogP contribution in [0, 0.1) is 6.92 Å². The predicted molar refractivity (Wildman–Crippen MR) is 69.5 cm³/mol. The Labute approximate surface area is 107 Å². The van der Waals surface area contributed by atoms with Gasteiger partial charge in [0, 0.05) is 12.8 Å². The van der Waals surface area contributed by atoms with Gasteiger partial charge in [0.1, 0.15) is 15.6 Å². The van der Waals surface area contributed by atoms with E-state index in [4.69, 9.17) is 0 Å². The van der Waals surface area contributed by atoms with Crippen molar-refractivity contribution in [3.8, 4) is 5.75 Å². The molecule has 0 spiro atoms. The van der Waals surface area contributed by atoms with E-state index in [1.165, 1.54) is 12.1 Å². The molecule has 0 saturated heterocycles. The third-order valence-electron chi connectivity index (χ3n) is 2.38. The number of amides is 1. The van der Waals surface area contributed by atoms with E-state index >= 15 is 0 Å². The molecule has 0 aliphatic heterocycles. The quantitative estimate of drug-likeness (QED) is 0.778. The van der Waals surface area contributed by atoms with Gasteiger partial charge in [0.05, 0.1) is 11.3 Å². The summed E-state index contributed by atoms with van der Waals surface area (Å²) in [5.41, 5.74) is 1.06. The van der Waals surface area contributed by atoms with Crippen LogP contribution >= 0.6 is 0 Å². The van der Waals surface area contributed by atoms with Gasteiger partial charge in [-0.1, -0.05) is 6.07 Å². The molecule has 5 nitrogen and oxygen atoms in total. The van der Waals surface area contributed by atoms with Crippen LogP contribution in [0.4, 0.5) is 0 Å². The number of hydrogen-bond acceptors (Lipinski definition) is 4. The summed E-state index contributed by atoms with van der Waals surface area (Å²) in [7, 11) is -3.00. The van der Waals surface area contributed by atoms with Crippen LogP contribution in [0.25, 0.3) is 0 Å².